The van der Waals surface area contributed by atoms with Gasteiger partial charge in [0, 0.05) is 6.07 Å². The third-order valence-corrected chi connectivity index (χ3v) is 4.52. The van der Waals surface area contributed by atoms with Crippen LogP contribution in [0.1, 0.15) is 0 Å². The Morgan fingerprint density at radius 1 is 1.00 bits per heavy atom. The lowest BCUT2D eigenvalue weighted by Gasteiger charge is -2.27. The van der Waals surface area contributed by atoms with Crippen LogP contribution in [0, 0.1) is 0 Å². The number of para-hydroxylation sites is 1. The van der Waals surface area contributed by atoms with Crippen LogP contribution in [0.4, 0.5) is 5.82 Å². The van der Waals surface area contributed by atoms with Gasteiger partial charge in [-0.1, -0.05) is 24.3 Å². The summed E-state index contributed by atoms with van der Waals surface area (Å²) in [6.07, 6.45) is 1.94. The smallest absolute Gasteiger partial charge is 0.310 e. The maximum Gasteiger partial charge on any atom is 0.373 e. The number of hydrogen-bond acceptors (Lipinski definition) is 4. The summed E-state index contributed by atoms with van der Waals surface area (Å²) in [5.74, 6) is 1.13. The standard InChI is InChI=1S/C17H19N7O/c25-17-23(19-20-24(17)15-6-2-1-3-7-15)14-21-10-12-22(13-11-21)16-8-4-5-9-18-16/h1-9H,10-14H2/p+2. The van der Waals surface area contributed by atoms with Crippen molar-refractivity contribution in [3.05, 3.63) is 65.2 Å². The van der Waals surface area contributed by atoms with E-state index in [1.807, 2.05) is 48.7 Å². The first-order valence-electron chi connectivity index (χ1n) is 8.45. The summed E-state index contributed by atoms with van der Waals surface area (Å²) < 4.78 is 2.79. The Morgan fingerprint density at radius 3 is 2.48 bits per heavy atom. The minimum Gasteiger partial charge on any atom is -0.310 e. The van der Waals surface area contributed by atoms with Crippen LogP contribution in [0.2, 0.25) is 0 Å². The Hall–Kier alpha value is -3.00. The van der Waals surface area contributed by atoms with Gasteiger partial charge in [-0.2, -0.15) is 4.68 Å². The molecule has 3 heterocycles. The number of nitrogens with one attached hydrogen (secondary N) is 2. The van der Waals surface area contributed by atoms with Gasteiger partial charge < -0.3 is 4.90 Å². The molecule has 0 radical (unpaired) electrons. The Morgan fingerprint density at radius 2 is 1.76 bits per heavy atom. The number of aromatic amines is 1. The van der Waals surface area contributed by atoms with Gasteiger partial charge in [-0.25, -0.2) is 9.78 Å². The average Bonchev–Trinajstić information content (AvgIpc) is 3.04. The van der Waals surface area contributed by atoms with Crippen LogP contribution in [0.15, 0.2) is 59.5 Å². The molecule has 1 aliphatic rings. The molecule has 4 rings (SSSR count). The van der Waals surface area contributed by atoms with E-state index in [1.165, 1.54) is 14.3 Å². The molecule has 2 N–H and O–H groups in total. The van der Waals surface area contributed by atoms with Gasteiger partial charge in [-0.15, -0.1) is 4.68 Å². The minimum absolute atomic E-state index is 0.197. The third kappa shape index (κ3) is 3.29. The SMILES string of the molecule is O=c1n(C[NH+]2CCN(c3cccc[nH+]3)CC2)nnn1-c1ccccc1. The first-order chi connectivity index (χ1) is 12.3. The van der Waals surface area contributed by atoms with Crippen molar-refractivity contribution in [2.24, 2.45) is 0 Å². The second-order valence-electron chi connectivity index (χ2n) is 6.15. The molecule has 0 saturated carbocycles. The van der Waals surface area contributed by atoms with Gasteiger partial charge in [-0.05, 0) is 28.6 Å². The van der Waals surface area contributed by atoms with Gasteiger partial charge in [0.05, 0.1) is 11.9 Å². The highest BCUT2D eigenvalue weighted by Gasteiger charge is 2.26. The zero-order valence-electron chi connectivity index (χ0n) is 13.9. The minimum atomic E-state index is -0.197. The molecule has 1 aromatic carbocycles. The van der Waals surface area contributed by atoms with E-state index in [4.69, 9.17) is 0 Å². The van der Waals surface area contributed by atoms with Gasteiger partial charge in [0.25, 0.3) is 5.82 Å². The van der Waals surface area contributed by atoms with Crippen molar-refractivity contribution in [2.45, 2.75) is 6.67 Å². The van der Waals surface area contributed by atoms with E-state index in [9.17, 15) is 4.79 Å². The summed E-state index contributed by atoms with van der Waals surface area (Å²) in [6, 6.07) is 15.5. The van der Waals surface area contributed by atoms with Crippen molar-refractivity contribution < 1.29 is 9.88 Å². The second kappa shape index (κ2) is 6.86. The number of anilines is 1. The number of pyridine rings is 1. The van der Waals surface area contributed by atoms with E-state index in [1.54, 1.807) is 0 Å². The van der Waals surface area contributed by atoms with E-state index < -0.39 is 0 Å². The zero-order chi connectivity index (χ0) is 17.1. The lowest BCUT2D eigenvalue weighted by atomic mass is 10.3. The van der Waals surface area contributed by atoms with Gasteiger partial charge in [0.1, 0.15) is 26.2 Å². The van der Waals surface area contributed by atoms with Gasteiger partial charge in [0.2, 0.25) is 0 Å². The van der Waals surface area contributed by atoms with E-state index in [0.29, 0.717) is 6.67 Å². The maximum atomic E-state index is 12.5. The van der Waals surface area contributed by atoms with Crippen molar-refractivity contribution in [1.29, 1.82) is 0 Å². The summed E-state index contributed by atoms with van der Waals surface area (Å²) >= 11 is 0. The first-order valence-corrected chi connectivity index (χ1v) is 8.45. The van der Waals surface area contributed by atoms with Crippen LogP contribution >= 0.6 is 0 Å². The Balaban J connectivity index is 1.41. The predicted molar refractivity (Wildman–Crippen MR) is 91.5 cm³/mol. The Bertz CT molecular complexity index is 867. The molecule has 8 nitrogen and oxygen atoms in total. The third-order valence-electron chi connectivity index (χ3n) is 4.52. The number of rotatable bonds is 4. The van der Waals surface area contributed by atoms with Crippen molar-refractivity contribution in [3.8, 4) is 5.69 Å². The lowest BCUT2D eigenvalue weighted by molar-refractivity contribution is -0.924. The lowest BCUT2D eigenvalue weighted by Crippen LogP contribution is -3.14. The Kier molecular flexibility index (Phi) is 4.26. The maximum absolute atomic E-state index is 12.5. The molecule has 8 heteroatoms. The molecular formula is C17H21N7O+2. The highest BCUT2D eigenvalue weighted by molar-refractivity contribution is 5.32. The fraction of sp³-hybridized carbons (Fsp3) is 0.294. The van der Waals surface area contributed by atoms with Crippen LogP contribution in [-0.4, -0.2) is 46.0 Å². The number of H-pyrrole nitrogens is 1. The summed E-state index contributed by atoms with van der Waals surface area (Å²) in [5.41, 5.74) is 0.538. The number of piperazine rings is 1. The fourth-order valence-corrected chi connectivity index (χ4v) is 3.12. The van der Waals surface area contributed by atoms with E-state index >= 15 is 0 Å². The summed E-state index contributed by atoms with van der Waals surface area (Å²) in [5, 5.41) is 8.04. The van der Waals surface area contributed by atoms with E-state index in [2.05, 4.69) is 26.4 Å². The van der Waals surface area contributed by atoms with Crippen LogP contribution in [0.25, 0.3) is 5.69 Å². The molecule has 128 valence electrons. The predicted octanol–water partition coefficient (Wildman–Crippen LogP) is -1.39. The van der Waals surface area contributed by atoms with Crippen LogP contribution in [0.5, 0.6) is 0 Å². The highest BCUT2D eigenvalue weighted by Crippen LogP contribution is 2.04. The monoisotopic (exact) mass is 339 g/mol. The van der Waals surface area contributed by atoms with Gasteiger partial charge >= 0.3 is 5.69 Å². The average molecular weight is 339 g/mol. The molecule has 0 aliphatic carbocycles. The number of quaternary nitrogens is 1. The van der Waals surface area contributed by atoms with Crippen LogP contribution < -0.4 is 20.5 Å². The highest BCUT2D eigenvalue weighted by atomic mass is 16.2. The second-order valence-corrected chi connectivity index (χ2v) is 6.15. The number of tetrazole rings is 1. The van der Waals surface area contributed by atoms with Gasteiger partial charge in [0.15, 0.2) is 6.67 Å². The molecule has 2 aromatic heterocycles. The Labute approximate surface area is 144 Å². The van der Waals surface area contributed by atoms with E-state index in [0.717, 1.165) is 37.7 Å². The molecule has 1 aliphatic heterocycles. The normalized spacial score (nSPS) is 15.4. The molecule has 1 saturated heterocycles. The van der Waals surface area contributed by atoms with Crippen molar-refractivity contribution in [2.75, 3.05) is 31.1 Å². The summed E-state index contributed by atoms with van der Waals surface area (Å²) in [6.45, 7) is 4.33. The number of nitrogens with zero attached hydrogens (tertiary/aromatic N) is 5. The largest absolute Gasteiger partial charge is 0.373 e. The van der Waals surface area contributed by atoms with Crippen molar-refractivity contribution in [1.82, 2.24) is 19.8 Å². The molecular weight excluding hydrogens is 318 g/mol. The first kappa shape index (κ1) is 15.5. The number of benzene rings is 1. The summed E-state index contributed by atoms with van der Waals surface area (Å²) in [7, 11) is 0. The van der Waals surface area contributed by atoms with Crippen LogP contribution in [0.3, 0.4) is 0 Å². The topological polar surface area (TPSA) is 74.5 Å². The van der Waals surface area contributed by atoms with Crippen molar-refractivity contribution in [3.63, 3.8) is 0 Å². The summed E-state index contributed by atoms with van der Waals surface area (Å²) in [4.78, 5) is 19.4. The number of aromatic nitrogens is 5. The fourth-order valence-electron chi connectivity index (χ4n) is 3.12. The van der Waals surface area contributed by atoms with Gasteiger partial charge in [-0.3, -0.25) is 4.90 Å². The van der Waals surface area contributed by atoms with Crippen LogP contribution in [-0.2, 0) is 6.67 Å². The molecule has 25 heavy (non-hydrogen) atoms. The number of hydrogen-bond donors (Lipinski definition) is 1. The quantitative estimate of drug-likeness (QED) is 0.635. The van der Waals surface area contributed by atoms with Crippen molar-refractivity contribution >= 4 is 5.82 Å². The van der Waals surface area contributed by atoms with E-state index in [-0.39, 0.29) is 5.69 Å². The molecule has 0 bridgehead atoms. The molecule has 0 spiro atoms. The zero-order valence-corrected chi connectivity index (χ0v) is 13.9. The molecule has 0 amide bonds. The molecule has 0 unspecified atom stereocenters. The molecule has 1 fully saturated rings. The molecule has 0 atom stereocenters. The molecule has 3 aromatic rings.